The van der Waals surface area contributed by atoms with Gasteiger partial charge in [0.2, 0.25) is 0 Å². The molecule has 0 fully saturated rings. The van der Waals surface area contributed by atoms with Crippen LogP contribution in [0.5, 0.6) is 11.5 Å². The minimum atomic E-state index is 0. The fourth-order valence-electron chi connectivity index (χ4n) is 4.93. The Morgan fingerprint density at radius 3 is 2.24 bits per heavy atom. The van der Waals surface area contributed by atoms with Gasteiger partial charge in [0.05, 0.1) is 12.0 Å². The van der Waals surface area contributed by atoms with Crippen LogP contribution in [-0.4, -0.2) is 16.1 Å². The number of aromatic nitrogens is 2. The molecule has 0 amide bonds. The van der Waals surface area contributed by atoms with Gasteiger partial charge in [-0.15, -0.1) is 43.1 Å². The summed E-state index contributed by atoms with van der Waals surface area (Å²) < 4.78 is 8.10. The Hall–Kier alpha value is -4.67. The molecule has 210 valence electrons. The monoisotopic (exact) mass is 727 g/mol. The minimum Gasteiger partial charge on any atom is -0.509 e. The van der Waals surface area contributed by atoms with Crippen LogP contribution < -0.4 is 14.6 Å². The summed E-state index contributed by atoms with van der Waals surface area (Å²) >= 11 is 0. The molecule has 7 rings (SSSR count). The first-order chi connectivity index (χ1) is 20.3. The van der Waals surface area contributed by atoms with Gasteiger partial charge in [0.25, 0.3) is 0 Å². The summed E-state index contributed by atoms with van der Waals surface area (Å²) in [5.41, 5.74) is 5.90. The molecule has 0 spiro atoms. The summed E-state index contributed by atoms with van der Waals surface area (Å²) in [6.45, 7) is 1.91. The van der Waals surface area contributed by atoms with E-state index in [9.17, 15) is 0 Å². The average molecular weight is 728 g/mol. The second kappa shape index (κ2) is 12.5. The quantitative estimate of drug-likeness (QED) is 0.160. The number of para-hydroxylation sites is 1. The zero-order valence-electron chi connectivity index (χ0n) is 22.5. The van der Waals surface area contributed by atoms with Crippen molar-refractivity contribution in [3.05, 3.63) is 152 Å². The molecule has 0 bridgehead atoms. The van der Waals surface area contributed by atoms with Crippen LogP contribution in [0.15, 0.2) is 133 Å². The summed E-state index contributed by atoms with van der Waals surface area (Å²) in [6.07, 6.45) is 13.4. The van der Waals surface area contributed by atoms with Crippen LogP contribution >= 0.6 is 0 Å². The molecule has 0 unspecified atom stereocenters. The van der Waals surface area contributed by atoms with E-state index in [4.69, 9.17) is 9.84 Å². The zero-order valence-corrected chi connectivity index (χ0v) is 24.8. The van der Waals surface area contributed by atoms with Crippen LogP contribution in [0.4, 0.5) is 11.4 Å². The van der Waals surface area contributed by atoms with Gasteiger partial charge in [-0.2, -0.15) is 22.3 Å². The molecule has 0 radical (unpaired) electrons. The molecule has 1 atom stereocenters. The van der Waals surface area contributed by atoms with Gasteiger partial charge >= 0.3 is 0 Å². The van der Waals surface area contributed by atoms with E-state index in [-0.39, 0.29) is 27.0 Å². The molecule has 0 N–H and O–H groups in total. The predicted octanol–water partition coefficient (Wildman–Crippen LogP) is 7.92. The van der Waals surface area contributed by atoms with Crippen LogP contribution in [0, 0.1) is 18.8 Å². The van der Waals surface area contributed by atoms with Crippen LogP contribution in [0.3, 0.4) is 0 Å². The van der Waals surface area contributed by atoms with E-state index in [2.05, 4.69) is 72.0 Å². The molecule has 1 aliphatic heterocycles. The third kappa shape index (κ3) is 5.85. The second-order valence-electron chi connectivity index (χ2n) is 9.73. The molecule has 2 aliphatic rings. The van der Waals surface area contributed by atoms with Crippen molar-refractivity contribution in [2.45, 2.75) is 12.3 Å². The van der Waals surface area contributed by atoms with Crippen molar-refractivity contribution in [1.29, 1.82) is 0 Å². The van der Waals surface area contributed by atoms with Gasteiger partial charge in [-0.25, -0.2) is 0 Å². The Bertz CT molecular complexity index is 1750. The van der Waals surface area contributed by atoms with Crippen LogP contribution in [-0.2, 0) is 21.1 Å². The van der Waals surface area contributed by atoms with E-state index in [1.165, 1.54) is 0 Å². The Kier molecular flexibility index (Phi) is 8.16. The summed E-state index contributed by atoms with van der Waals surface area (Å²) in [5, 5.41) is 11.3. The number of ether oxygens (including phenoxy) is 1. The van der Waals surface area contributed by atoms with Gasteiger partial charge in [-0.1, -0.05) is 78.5 Å². The van der Waals surface area contributed by atoms with E-state index < -0.39 is 0 Å². The van der Waals surface area contributed by atoms with Crippen LogP contribution in [0.25, 0.3) is 16.8 Å². The number of hydrogen-bond donors (Lipinski definition) is 0. The number of anilines is 2. The van der Waals surface area contributed by atoms with Crippen LogP contribution in [0.2, 0.25) is 0 Å². The molecule has 2 heterocycles. The van der Waals surface area contributed by atoms with E-state index in [1.807, 2.05) is 89.0 Å². The first-order valence-corrected chi connectivity index (χ1v) is 13.5. The number of hydrazone groups is 1. The zero-order chi connectivity index (χ0) is 27.4. The van der Waals surface area contributed by atoms with E-state index in [0.29, 0.717) is 11.5 Å². The van der Waals surface area contributed by atoms with Crippen molar-refractivity contribution >= 4 is 17.7 Å². The van der Waals surface area contributed by atoms with Crippen LogP contribution in [0.1, 0.15) is 18.0 Å². The van der Waals surface area contributed by atoms with Crippen molar-refractivity contribution < 1.29 is 25.8 Å². The summed E-state index contributed by atoms with van der Waals surface area (Å²) in [4.78, 5) is 1.96. The number of rotatable bonds is 7. The fourth-order valence-corrected chi connectivity index (χ4v) is 4.93. The predicted molar refractivity (Wildman–Crippen MR) is 163 cm³/mol. The molecule has 0 saturated carbocycles. The van der Waals surface area contributed by atoms with Crippen molar-refractivity contribution in [3.63, 3.8) is 0 Å². The standard InChI is InChI=1S/C35H26N5O.Pt/c1-4-12-27(13-5-1)34-24-39(37-35(34)28-14-6-2-7-15-28)30-18-10-20-32(22-30)41-33-21-11-19-31(23-33)40-26-38(25-36-40)29-16-8-3-9-17-29;/h1-14,16-21,24-26,28H,15H2;/q-3;/t28-;/m1./s1. The number of hydrogen-bond acceptors (Lipinski definition) is 5. The number of nitrogens with zero attached hydrogens (tertiary/aromatic N) is 5. The first-order valence-electron chi connectivity index (χ1n) is 13.5. The molecule has 1 aliphatic carbocycles. The third-order valence-corrected chi connectivity index (χ3v) is 6.97. The maximum atomic E-state index is 6.21. The Morgan fingerprint density at radius 1 is 0.786 bits per heavy atom. The molecular weight excluding hydrogens is 701 g/mol. The molecule has 5 aromatic rings. The molecule has 42 heavy (non-hydrogen) atoms. The summed E-state index contributed by atoms with van der Waals surface area (Å²) in [5.74, 6) is 1.37. The van der Waals surface area contributed by atoms with Gasteiger partial charge in [0, 0.05) is 55.9 Å². The van der Waals surface area contributed by atoms with E-state index in [0.717, 1.165) is 40.3 Å². The van der Waals surface area contributed by atoms with Gasteiger partial charge in [-0.05, 0) is 29.8 Å². The average Bonchev–Trinajstić information content (AvgIpc) is 3.72. The van der Waals surface area contributed by atoms with E-state index >= 15 is 0 Å². The maximum Gasteiger partial charge on any atom is 0.0848 e. The topological polar surface area (TPSA) is 45.9 Å². The summed E-state index contributed by atoms with van der Waals surface area (Å²) in [6, 6.07) is 38.8. The van der Waals surface area contributed by atoms with E-state index in [1.54, 1.807) is 11.3 Å². The van der Waals surface area contributed by atoms with Gasteiger partial charge in [-0.3, -0.25) is 4.68 Å². The first kappa shape index (κ1) is 27.5. The molecule has 7 heteroatoms. The molecule has 4 aromatic carbocycles. The Morgan fingerprint density at radius 2 is 1.50 bits per heavy atom. The molecule has 0 saturated heterocycles. The maximum absolute atomic E-state index is 6.21. The fraction of sp³-hybridized carbons (Fsp3) is 0.0571. The Balaban J connectivity index is 0.00000316. The van der Waals surface area contributed by atoms with Crippen molar-refractivity contribution in [2.75, 3.05) is 9.91 Å². The number of benzene rings is 4. The van der Waals surface area contributed by atoms with Crippen molar-refractivity contribution in [1.82, 2.24) is 9.78 Å². The molecule has 6 nitrogen and oxygen atoms in total. The van der Waals surface area contributed by atoms with Crippen molar-refractivity contribution in [2.24, 2.45) is 5.10 Å². The smallest absolute Gasteiger partial charge is 0.0848 e. The Labute approximate surface area is 260 Å². The molecule has 1 aromatic heterocycles. The second-order valence-corrected chi connectivity index (χ2v) is 9.73. The van der Waals surface area contributed by atoms with Crippen molar-refractivity contribution in [3.8, 4) is 28.3 Å². The normalized spacial score (nSPS) is 15.6. The number of allylic oxidation sites excluding steroid dienone is 4. The van der Waals surface area contributed by atoms with Gasteiger partial charge in [0.15, 0.2) is 0 Å². The summed E-state index contributed by atoms with van der Waals surface area (Å²) in [7, 11) is 0. The largest absolute Gasteiger partial charge is 0.509 e. The third-order valence-electron chi connectivity index (χ3n) is 6.97. The SMILES string of the molecule is [Pt].[c-]1c(Oc2[c-]c(-n3cc(-c4ccccc4)c([C@@H]4C=CC=CC4)n3)ccc2)cccc1N1[CH-]N(c2ccccc2)C=N1. The van der Waals surface area contributed by atoms with Gasteiger partial charge < -0.3 is 14.6 Å². The van der Waals surface area contributed by atoms with Gasteiger partial charge in [0.1, 0.15) is 0 Å². The minimum absolute atomic E-state index is 0. The molecular formula is C35H26N5OPt-3.